The second-order valence-electron chi connectivity index (χ2n) is 2.97. The molecule has 1 heterocycles. The van der Waals surface area contributed by atoms with Crippen LogP contribution in [0.2, 0.25) is 0 Å². The number of carboxylic acid groups (broad SMARTS) is 1. The minimum absolute atomic E-state index is 0.427. The van der Waals surface area contributed by atoms with E-state index in [-0.39, 0.29) is 0 Å². The Hall–Kier alpha value is -1.98. The first-order chi connectivity index (χ1) is 8.51. The van der Waals surface area contributed by atoms with Gasteiger partial charge in [0.15, 0.2) is 0 Å². The standard InChI is InChI=1S/C7H4F6N2O4/c8-5(19-7(11,12)13)6(9,10)18-3-1-2(4(16)17)14-15-3/h1,5H,(H,14,15)(H,16,17). The van der Waals surface area contributed by atoms with Crippen LogP contribution in [0.1, 0.15) is 10.5 Å². The van der Waals surface area contributed by atoms with Gasteiger partial charge in [0.05, 0.1) is 0 Å². The third-order valence-electron chi connectivity index (χ3n) is 1.53. The second kappa shape index (κ2) is 4.95. The second-order valence-corrected chi connectivity index (χ2v) is 2.97. The fraction of sp³-hybridized carbons (Fsp3) is 0.429. The van der Waals surface area contributed by atoms with Crippen molar-refractivity contribution in [3.05, 3.63) is 11.8 Å². The lowest BCUT2D eigenvalue weighted by Gasteiger charge is -2.20. The smallest absolute Gasteiger partial charge is 0.477 e. The minimum Gasteiger partial charge on any atom is -0.477 e. The van der Waals surface area contributed by atoms with Crippen molar-refractivity contribution in [2.24, 2.45) is 0 Å². The lowest BCUT2D eigenvalue weighted by atomic mass is 10.4. The summed E-state index contributed by atoms with van der Waals surface area (Å²) >= 11 is 0. The molecule has 19 heavy (non-hydrogen) atoms. The number of halogens is 6. The van der Waals surface area contributed by atoms with Gasteiger partial charge in [-0.3, -0.25) is 5.10 Å². The molecule has 12 heteroatoms. The first-order valence-electron chi connectivity index (χ1n) is 4.25. The number of aromatic nitrogens is 2. The normalized spacial score (nSPS) is 14.2. The third kappa shape index (κ3) is 4.31. The highest BCUT2D eigenvalue weighted by Crippen LogP contribution is 2.31. The lowest BCUT2D eigenvalue weighted by molar-refractivity contribution is -0.411. The molecule has 0 saturated carbocycles. The molecule has 2 N–H and O–H groups in total. The van der Waals surface area contributed by atoms with Crippen LogP contribution >= 0.6 is 0 Å². The summed E-state index contributed by atoms with van der Waals surface area (Å²) in [6.45, 7) is 0. The zero-order valence-electron chi connectivity index (χ0n) is 8.54. The predicted octanol–water partition coefficient (Wildman–Crippen LogP) is 1.91. The van der Waals surface area contributed by atoms with E-state index in [9.17, 15) is 31.1 Å². The van der Waals surface area contributed by atoms with Gasteiger partial charge in [0, 0.05) is 6.07 Å². The van der Waals surface area contributed by atoms with Crippen molar-refractivity contribution in [2.45, 2.75) is 18.8 Å². The van der Waals surface area contributed by atoms with Gasteiger partial charge in [0.2, 0.25) is 5.88 Å². The molecule has 0 bridgehead atoms. The van der Waals surface area contributed by atoms with Crippen LogP contribution in [0, 0.1) is 0 Å². The first-order valence-corrected chi connectivity index (χ1v) is 4.25. The molecule has 0 saturated heterocycles. The van der Waals surface area contributed by atoms with Crippen molar-refractivity contribution >= 4 is 5.97 Å². The molecule has 1 aromatic rings. The number of aromatic amines is 1. The summed E-state index contributed by atoms with van der Waals surface area (Å²) in [4.78, 5) is 10.3. The van der Waals surface area contributed by atoms with Crippen LogP contribution in [0.15, 0.2) is 6.07 Å². The van der Waals surface area contributed by atoms with Gasteiger partial charge in [0.25, 0.3) is 0 Å². The number of alkyl halides is 6. The van der Waals surface area contributed by atoms with E-state index in [0.717, 1.165) is 0 Å². The molecule has 0 aliphatic rings. The number of H-pyrrole nitrogens is 1. The van der Waals surface area contributed by atoms with E-state index in [4.69, 9.17) is 5.11 Å². The van der Waals surface area contributed by atoms with Gasteiger partial charge in [-0.05, 0) is 0 Å². The summed E-state index contributed by atoms with van der Waals surface area (Å²) in [6, 6.07) is 0.427. The van der Waals surface area contributed by atoms with Crippen LogP contribution < -0.4 is 4.74 Å². The van der Waals surface area contributed by atoms with Gasteiger partial charge >= 0.3 is 24.8 Å². The Bertz CT molecular complexity index is 459. The molecule has 0 amide bonds. The van der Waals surface area contributed by atoms with Gasteiger partial charge in [-0.25, -0.2) is 13.9 Å². The molecule has 6 nitrogen and oxygen atoms in total. The van der Waals surface area contributed by atoms with Crippen LogP contribution in [-0.4, -0.2) is 40.1 Å². The van der Waals surface area contributed by atoms with Gasteiger partial charge < -0.3 is 9.84 Å². The zero-order valence-corrected chi connectivity index (χ0v) is 8.54. The molecule has 0 aromatic carbocycles. The maximum Gasteiger partial charge on any atom is 0.525 e. The van der Waals surface area contributed by atoms with E-state index in [1.807, 2.05) is 0 Å². The van der Waals surface area contributed by atoms with Gasteiger partial charge in [-0.2, -0.15) is 8.78 Å². The quantitative estimate of drug-likeness (QED) is 0.810. The van der Waals surface area contributed by atoms with Crippen molar-refractivity contribution in [3.8, 4) is 5.88 Å². The number of aromatic carboxylic acids is 1. The largest absolute Gasteiger partial charge is 0.525 e. The monoisotopic (exact) mass is 294 g/mol. The van der Waals surface area contributed by atoms with Crippen molar-refractivity contribution < 1.29 is 45.7 Å². The highest BCUT2D eigenvalue weighted by atomic mass is 19.4. The maximum atomic E-state index is 12.8. The highest BCUT2D eigenvalue weighted by Gasteiger charge is 2.51. The van der Waals surface area contributed by atoms with Gasteiger partial charge in [0.1, 0.15) is 5.69 Å². The van der Waals surface area contributed by atoms with Crippen molar-refractivity contribution in [1.29, 1.82) is 0 Å². The fourth-order valence-corrected chi connectivity index (χ4v) is 0.837. The molecule has 1 aromatic heterocycles. The molecular formula is C7H4F6N2O4. The van der Waals surface area contributed by atoms with Crippen LogP contribution in [0.5, 0.6) is 5.88 Å². The Labute approximate surface area is 99.5 Å². The van der Waals surface area contributed by atoms with E-state index in [1.54, 1.807) is 5.10 Å². The van der Waals surface area contributed by atoms with E-state index >= 15 is 0 Å². The molecule has 1 rings (SSSR count). The number of carbonyl (C=O) groups is 1. The van der Waals surface area contributed by atoms with Crippen LogP contribution in [0.3, 0.4) is 0 Å². The minimum atomic E-state index is -5.63. The fourth-order valence-electron chi connectivity index (χ4n) is 0.837. The number of carboxylic acids is 1. The average Bonchev–Trinajstić information content (AvgIpc) is 2.62. The van der Waals surface area contributed by atoms with Crippen molar-refractivity contribution in [2.75, 3.05) is 0 Å². The number of ether oxygens (including phenoxy) is 2. The Balaban J connectivity index is 2.74. The number of rotatable bonds is 5. The number of nitrogens with one attached hydrogen (secondary N) is 1. The summed E-state index contributed by atoms with van der Waals surface area (Å²) in [7, 11) is 0. The topological polar surface area (TPSA) is 84.4 Å². The van der Waals surface area contributed by atoms with Crippen molar-refractivity contribution in [1.82, 2.24) is 10.2 Å². The van der Waals surface area contributed by atoms with E-state index in [1.165, 1.54) is 0 Å². The number of hydrogen-bond donors (Lipinski definition) is 2. The molecule has 0 spiro atoms. The molecule has 0 radical (unpaired) electrons. The number of hydrogen-bond acceptors (Lipinski definition) is 4. The van der Waals surface area contributed by atoms with Crippen LogP contribution in [0.4, 0.5) is 26.3 Å². The van der Waals surface area contributed by atoms with Gasteiger partial charge in [-0.1, -0.05) is 0 Å². The molecular weight excluding hydrogens is 290 g/mol. The molecule has 0 fully saturated rings. The third-order valence-corrected chi connectivity index (χ3v) is 1.53. The Morgan fingerprint density at radius 1 is 1.37 bits per heavy atom. The van der Waals surface area contributed by atoms with E-state index < -0.39 is 36.4 Å². The maximum absolute atomic E-state index is 12.8. The Kier molecular flexibility index (Phi) is 3.93. The first kappa shape index (κ1) is 15.1. The van der Waals surface area contributed by atoms with E-state index in [2.05, 4.69) is 14.6 Å². The van der Waals surface area contributed by atoms with E-state index in [0.29, 0.717) is 6.07 Å². The predicted molar refractivity (Wildman–Crippen MR) is 43.2 cm³/mol. The molecule has 0 aliphatic heterocycles. The lowest BCUT2D eigenvalue weighted by Crippen LogP contribution is -2.41. The summed E-state index contributed by atoms with van der Waals surface area (Å²) in [5.41, 5.74) is -0.682. The van der Waals surface area contributed by atoms with Gasteiger partial charge in [-0.15, -0.1) is 18.3 Å². The molecule has 108 valence electrons. The average molecular weight is 294 g/mol. The number of nitrogens with zero attached hydrogens (tertiary/aromatic N) is 1. The Morgan fingerprint density at radius 3 is 2.37 bits per heavy atom. The SMILES string of the molecule is O=C(O)c1cc(OC(F)(F)C(F)OC(F)(F)F)n[nH]1. The van der Waals surface area contributed by atoms with Crippen molar-refractivity contribution in [3.63, 3.8) is 0 Å². The highest BCUT2D eigenvalue weighted by molar-refractivity contribution is 5.85. The molecule has 1 unspecified atom stereocenters. The van der Waals surface area contributed by atoms with Crippen LogP contribution in [-0.2, 0) is 4.74 Å². The zero-order chi connectivity index (χ0) is 14.8. The summed E-state index contributed by atoms with van der Waals surface area (Å²) in [6.07, 6.45) is -14.8. The summed E-state index contributed by atoms with van der Waals surface area (Å²) < 4.78 is 78.7. The van der Waals surface area contributed by atoms with Crippen LogP contribution in [0.25, 0.3) is 0 Å². The summed E-state index contributed by atoms with van der Waals surface area (Å²) in [5, 5.41) is 13.0. The Morgan fingerprint density at radius 2 is 1.95 bits per heavy atom. The molecule has 0 aliphatic carbocycles. The molecule has 1 atom stereocenters. The summed E-state index contributed by atoms with van der Waals surface area (Å²) in [5.74, 6) is -2.70.